The number of hydrogen-bond acceptors (Lipinski definition) is 4. The van der Waals surface area contributed by atoms with Crippen LogP contribution in [0.4, 0.5) is 0 Å². The Kier molecular flexibility index (Phi) is 4.25. The van der Waals surface area contributed by atoms with Crippen LogP contribution in [-0.2, 0) is 9.47 Å². The predicted octanol–water partition coefficient (Wildman–Crippen LogP) is 2.47. The maximum atomic E-state index is 6.25. The molecule has 0 amide bonds. The molecule has 2 aliphatic rings. The molecular formula is C16H32N2O2. The molecule has 0 spiro atoms. The Bertz CT molecular complexity index is 356. The zero-order valence-corrected chi connectivity index (χ0v) is 14.1. The lowest BCUT2D eigenvalue weighted by Crippen LogP contribution is -2.54. The average molecular weight is 284 g/mol. The number of hydrazine groups is 1. The smallest absolute Gasteiger partial charge is 0.0678 e. The van der Waals surface area contributed by atoms with Gasteiger partial charge in [-0.1, -0.05) is 6.92 Å². The molecular weight excluding hydrogens is 252 g/mol. The third-order valence-electron chi connectivity index (χ3n) is 5.50. The third-order valence-corrected chi connectivity index (χ3v) is 5.50. The normalized spacial score (nSPS) is 44.7. The van der Waals surface area contributed by atoms with Crippen molar-refractivity contribution >= 4 is 0 Å². The van der Waals surface area contributed by atoms with Crippen molar-refractivity contribution in [3.8, 4) is 0 Å². The number of nitrogens with two attached hydrogens (primary N) is 1. The molecule has 4 nitrogen and oxygen atoms in total. The summed E-state index contributed by atoms with van der Waals surface area (Å²) < 4.78 is 12.3. The van der Waals surface area contributed by atoms with Gasteiger partial charge in [-0.2, -0.15) is 0 Å². The lowest BCUT2D eigenvalue weighted by molar-refractivity contribution is -0.0811. The average Bonchev–Trinajstić information content (AvgIpc) is 2.66. The van der Waals surface area contributed by atoms with Gasteiger partial charge in [-0.25, -0.2) is 0 Å². The fourth-order valence-corrected chi connectivity index (χ4v) is 4.57. The predicted molar refractivity (Wildman–Crippen MR) is 81.1 cm³/mol. The molecule has 20 heavy (non-hydrogen) atoms. The van der Waals surface area contributed by atoms with E-state index in [2.05, 4.69) is 53.9 Å². The molecule has 2 aliphatic heterocycles. The minimum Gasteiger partial charge on any atom is -0.375 e. The van der Waals surface area contributed by atoms with E-state index in [4.69, 9.17) is 15.3 Å². The van der Waals surface area contributed by atoms with Crippen molar-refractivity contribution in [1.82, 2.24) is 5.43 Å². The Morgan fingerprint density at radius 2 is 1.70 bits per heavy atom. The zero-order chi connectivity index (χ0) is 15.3. The van der Waals surface area contributed by atoms with Crippen molar-refractivity contribution in [3.05, 3.63) is 0 Å². The summed E-state index contributed by atoms with van der Waals surface area (Å²) in [6.07, 6.45) is 1.56. The summed E-state index contributed by atoms with van der Waals surface area (Å²) in [6.45, 7) is 15.3. The van der Waals surface area contributed by atoms with Crippen LogP contribution in [0.3, 0.4) is 0 Å². The van der Waals surface area contributed by atoms with E-state index in [1.807, 2.05) is 0 Å². The first-order chi connectivity index (χ1) is 9.09. The number of rotatable bonds is 3. The third kappa shape index (κ3) is 2.76. The van der Waals surface area contributed by atoms with Crippen molar-refractivity contribution in [1.29, 1.82) is 0 Å². The molecule has 3 N–H and O–H groups in total. The Balaban J connectivity index is 2.24. The minimum absolute atomic E-state index is 0.0825. The summed E-state index contributed by atoms with van der Waals surface area (Å²) >= 11 is 0. The molecule has 0 aliphatic carbocycles. The van der Waals surface area contributed by atoms with Crippen LogP contribution < -0.4 is 11.3 Å². The molecule has 2 rings (SSSR count). The summed E-state index contributed by atoms with van der Waals surface area (Å²) in [5.74, 6) is 7.28. The first kappa shape index (κ1) is 16.2. The van der Waals surface area contributed by atoms with Gasteiger partial charge >= 0.3 is 0 Å². The van der Waals surface area contributed by atoms with Crippen molar-refractivity contribution in [2.45, 2.75) is 84.3 Å². The fourth-order valence-electron chi connectivity index (χ4n) is 4.57. The minimum atomic E-state index is -0.161. The molecule has 6 atom stereocenters. The summed E-state index contributed by atoms with van der Waals surface area (Å²) in [5, 5.41) is 0. The van der Waals surface area contributed by atoms with E-state index in [0.29, 0.717) is 23.9 Å². The first-order valence-electron chi connectivity index (χ1n) is 7.91. The van der Waals surface area contributed by atoms with Crippen LogP contribution in [0.15, 0.2) is 0 Å². The fraction of sp³-hybridized carbons (Fsp3) is 1.00. The van der Waals surface area contributed by atoms with Crippen molar-refractivity contribution < 1.29 is 9.47 Å². The molecule has 6 unspecified atom stereocenters. The molecule has 0 saturated carbocycles. The molecule has 0 aromatic carbocycles. The Morgan fingerprint density at radius 3 is 2.05 bits per heavy atom. The monoisotopic (exact) mass is 284 g/mol. The highest BCUT2D eigenvalue weighted by Gasteiger charge is 2.53. The van der Waals surface area contributed by atoms with Crippen LogP contribution in [0.5, 0.6) is 0 Å². The van der Waals surface area contributed by atoms with Crippen molar-refractivity contribution in [2.24, 2.45) is 23.6 Å². The highest BCUT2D eigenvalue weighted by molar-refractivity contribution is 5.04. The van der Waals surface area contributed by atoms with Gasteiger partial charge in [0.2, 0.25) is 0 Å². The second-order valence-corrected chi connectivity index (χ2v) is 7.95. The number of hydrogen-bond donors (Lipinski definition) is 2. The van der Waals surface area contributed by atoms with E-state index in [0.717, 1.165) is 6.42 Å². The molecule has 2 saturated heterocycles. The van der Waals surface area contributed by atoms with Gasteiger partial charge in [0.05, 0.1) is 23.4 Å². The van der Waals surface area contributed by atoms with E-state index in [9.17, 15) is 0 Å². The summed E-state index contributed by atoms with van der Waals surface area (Å²) in [4.78, 5) is 0. The van der Waals surface area contributed by atoms with E-state index in [1.165, 1.54) is 0 Å². The Labute approximate surface area is 123 Å². The molecule has 2 fully saturated rings. The Morgan fingerprint density at radius 1 is 1.10 bits per heavy atom. The SMILES string of the molecule is CC1OC(C)C(C(NN)C2CC(C)(C)OC2(C)C)C1C. The summed E-state index contributed by atoms with van der Waals surface area (Å²) in [5.41, 5.74) is 2.86. The van der Waals surface area contributed by atoms with Crippen LogP contribution in [0.1, 0.15) is 54.9 Å². The second-order valence-electron chi connectivity index (χ2n) is 7.95. The number of ether oxygens (including phenoxy) is 2. The molecule has 4 heteroatoms. The summed E-state index contributed by atoms with van der Waals surface area (Å²) in [7, 11) is 0. The maximum Gasteiger partial charge on any atom is 0.0678 e. The standard InChI is InChI=1S/C16H32N2O2/c1-9-10(2)19-11(3)13(9)14(18-17)12-8-15(4,5)20-16(12,6)7/h9-14,18H,8,17H2,1-7H3. The van der Waals surface area contributed by atoms with Crippen LogP contribution >= 0.6 is 0 Å². The Hall–Kier alpha value is -0.160. The lowest BCUT2D eigenvalue weighted by Gasteiger charge is -2.38. The molecule has 0 radical (unpaired) electrons. The second kappa shape index (κ2) is 5.24. The van der Waals surface area contributed by atoms with Crippen LogP contribution in [0.25, 0.3) is 0 Å². The van der Waals surface area contributed by atoms with E-state index < -0.39 is 0 Å². The van der Waals surface area contributed by atoms with Crippen LogP contribution in [0, 0.1) is 17.8 Å². The highest BCUT2D eigenvalue weighted by Crippen LogP contribution is 2.47. The van der Waals surface area contributed by atoms with Crippen molar-refractivity contribution in [2.75, 3.05) is 0 Å². The van der Waals surface area contributed by atoms with Gasteiger partial charge in [0.25, 0.3) is 0 Å². The van der Waals surface area contributed by atoms with Crippen LogP contribution in [0.2, 0.25) is 0 Å². The van der Waals surface area contributed by atoms with Gasteiger partial charge in [-0.05, 0) is 53.9 Å². The van der Waals surface area contributed by atoms with Gasteiger partial charge in [0, 0.05) is 17.9 Å². The van der Waals surface area contributed by atoms with Gasteiger partial charge in [0.15, 0.2) is 0 Å². The van der Waals surface area contributed by atoms with Gasteiger partial charge in [-0.3, -0.25) is 11.3 Å². The summed E-state index contributed by atoms with van der Waals surface area (Å²) in [6, 6.07) is 0.224. The largest absolute Gasteiger partial charge is 0.375 e. The maximum absolute atomic E-state index is 6.25. The molecule has 0 bridgehead atoms. The van der Waals surface area contributed by atoms with Gasteiger partial charge < -0.3 is 9.47 Å². The quantitative estimate of drug-likeness (QED) is 0.617. The zero-order valence-electron chi connectivity index (χ0n) is 14.1. The van der Waals surface area contributed by atoms with E-state index >= 15 is 0 Å². The van der Waals surface area contributed by atoms with E-state index in [-0.39, 0.29) is 23.3 Å². The van der Waals surface area contributed by atoms with E-state index in [1.54, 1.807) is 0 Å². The highest BCUT2D eigenvalue weighted by atomic mass is 16.5. The first-order valence-corrected chi connectivity index (χ1v) is 7.91. The van der Waals surface area contributed by atoms with Gasteiger partial charge in [0.1, 0.15) is 0 Å². The van der Waals surface area contributed by atoms with Crippen LogP contribution in [-0.4, -0.2) is 29.5 Å². The molecule has 0 aromatic rings. The van der Waals surface area contributed by atoms with Crippen molar-refractivity contribution in [3.63, 3.8) is 0 Å². The topological polar surface area (TPSA) is 56.5 Å². The van der Waals surface area contributed by atoms with Gasteiger partial charge in [-0.15, -0.1) is 0 Å². The lowest BCUT2D eigenvalue weighted by atomic mass is 9.72. The number of nitrogens with one attached hydrogen (secondary N) is 1. The molecule has 118 valence electrons. The molecule has 2 heterocycles. The molecule has 0 aromatic heterocycles.